The van der Waals surface area contributed by atoms with Crippen molar-refractivity contribution in [1.82, 2.24) is 19.9 Å². The van der Waals surface area contributed by atoms with Gasteiger partial charge in [0.25, 0.3) is 0 Å². The first kappa shape index (κ1) is 16.4. The normalized spacial score (nSPS) is 17.7. The first-order valence-corrected chi connectivity index (χ1v) is 8.02. The zero-order valence-electron chi connectivity index (χ0n) is 14.2. The minimum absolute atomic E-state index is 0.179. The summed E-state index contributed by atoms with van der Waals surface area (Å²) in [5.41, 5.74) is 0.376. The summed E-state index contributed by atoms with van der Waals surface area (Å²) in [6, 6.07) is 2.09. The van der Waals surface area contributed by atoms with Gasteiger partial charge in [-0.05, 0) is 19.8 Å². The number of anilines is 3. The topological polar surface area (TPSA) is 70.1 Å². The molecule has 2 aromatic heterocycles. The lowest BCUT2D eigenvalue weighted by atomic mass is 10.1. The highest BCUT2D eigenvalue weighted by molar-refractivity contribution is 5.49. The van der Waals surface area contributed by atoms with E-state index in [9.17, 15) is 4.39 Å². The Balaban J connectivity index is 1.72. The third-order valence-electron chi connectivity index (χ3n) is 4.13. The van der Waals surface area contributed by atoms with Gasteiger partial charge >= 0.3 is 0 Å². The van der Waals surface area contributed by atoms with Gasteiger partial charge in [0.2, 0.25) is 0 Å². The number of hydrogen-bond donors (Lipinski definition) is 1. The highest BCUT2D eigenvalue weighted by Crippen LogP contribution is 2.23. The number of hydrogen-bond acceptors (Lipinski definition) is 7. The van der Waals surface area contributed by atoms with E-state index in [4.69, 9.17) is 0 Å². The lowest BCUT2D eigenvalue weighted by Gasteiger charge is -2.34. The fourth-order valence-corrected chi connectivity index (χ4v) is 2.83. The molecular weight excluding hydrogens is 309 g/mol. The van der Waals surface area contributed by atoms with Crippen molar-refractivity contribution in [3.8, 4) is 0 Å². The van der Waals surface area contributed by atoms with Crippen molar-refractivity contribution in [1.29, 1.82) is 0 Å². The third-order valence-corrected chi connectivity index (χ3v) is 4.13. The van der Waals surface area contributed by atoms with Crippen molar-refractivity contribution >= 4 is 17.5 Å². The van der Waals surface area contributed by atoms with Gasteiger partial charge in [-0.15, -0.1) is 0 Å². The van der Waals surface area contributed by atoms with E-state index in [1.165, 1.54) is 6.33 Å². The Morgan fingerprint density at radius 2 is 2.00 bits per heavy atom. The molecule has 1 saturated heterocycles. The molecule has 1 N–H and O–H groups in total. The summed E-state index contributed by atoms with van der Waals surface area (Å²) >= 11 is 0. The first-order valence-electron chi connectivity index (χ1n) is 8.02. The molecule has 0 aliphatic carbocycles. The van der Waals surface area contributed by atoms with Gasteiger partial charge in [-0.1, -0.05) is 0 Å². The van der Waals surface area contributed by atoms with Crippen LogP contribution in [-0.2, 0) is 0 Å². The van der Waals surface area contributed by atoms with E-state index in [0.29, 0.717) is 18.1 Å². The summed E-state index contributed by atoms with van der Waals surface area (Å²) in [7, 11) is 3.88. The molecule has 1 unspecified atom stereocenters. The molecule has 24 heavy (non-hydrogen) atoms. The molecular formula is C16H22FN7. The molecule has 7 nitrogen and oxygen atoms in total. The Morgan fingerprint density at radius 3 is 2.79 bits per heavy atom. The molecule has 1 atom stereocenters. The smallest absolute Gasteiger partial charge is 0.186 e. The van der Waals surface area contributed by atoms with E-state index in [1.54, 1.807) is 13.3 Å². The standard InChI is InChI=1S/C16H22FN7/c1-11-15(17)16(21-9-18-11)24-6-4-5-12(8-24)22-13-7-14(23(2)3)20-10-19-13/h7,9-10,12H,4-6,8H2,1-3H3,(H,19,20,22). The maximum Gasteiger partial charge on any atom is 0.186 e. The largest absolute Gasteiger partial charge is 0.365 e. The molecule has 0 amide bonds. The highest BCUT2D eigenvalue weighted by atomic mass is 19.1. The van der Waals surface area contributed by atoms with E-state index < -0.39 is 0 Å². The molecule has 0 spiro atoms. The van der Waals surface area contributed by atoms with Gasteiger partial charge in [-0.2, -0.15) is 0 Å². The minimum Gasteiger partial charge on any atom is -0.365 e. The molecule has 1 fully saturated rings. The molecule has 0 radical (unpaired) electrons. The SMILES string of the molecule is Cc1ncnc(N2CCCC(Nc3cc(N(C)C)ncn3)C2)c1F. The van der Waals surface area contributed by atoms with Gasteiger partial charge in [-0.25, -0.2) is 24.3 Å². The molecule has 2 aromatic rings. The van der Waals surface area contributed by atoms with Crippen molar-refractivity contribution in [3.05, 3.63) is 30.2 Å². The number of nitrogens with one attached hydrogen (secondary N) is 1. The van der Waals surface area contributed by atoms with Crippen LogP contribution < -0.4 is 15.1 Å². The summed E-state index contributed by atoms with van der Waals surface area (Å²) in [6.45, 7) is 3.12. The first-order chi connectivity index (χ1) is 11.5. The maximum atomic E-state index is 14.3. The Morgan fingerprint density at radius 1 is 1.21 bits per heavy atom. The van der Waals surface area contributed by atoms with E-state index >= 15 is 0 Å². The van der Waals surface area contributed by atoms with Gasteiger partial charge in [0.1, 0.15) is 24.3 Å². The van der Waals surface area contributed by atoms with E-state index in [-0.39, 0.29) is 11.9 Å². The number of rotatable bonds is 4. The monoisotopic (exact) mass is 331 g/mol. The van der Waals surface area contributed by atoms with E-state index in [0.717, 1.165) is 31.0 Å². The van der Waals surface area contributed by atoms with E-state index in [1.807, 2.05) is 30.0 Å². The number of nitrogens with zero attached hydrogens (tertiary/aromatic N) is 6. The summed E-state index contributed by atoms with van der Waals surface area (Å²) in [4.78, 5) is 20.4. The number of piperidine rings is 1. The Kier molecular flexibility index (Phi) is 4.73. The second-order valence-corrected chi connectivity index (χ2v) is 6.18. The Labute approximate surface area is 141 Å². The molecule has 3 heterocycles. The average molecular weight is 331 g/mol. The lowest BCUT2D eigenvalue weighted by molar-refractivity contribution is 0.509. The zero-order valence-corrected chi connectivity index (χ0v) is 14.2. The van der Waals surface area contributed by atoms with Crippen LogP contribution in [0, 0.1) is 12.7 Å². The quantitative estimate of drug-likeness (QED) is 0.917. The summed E-state index contributed by atoms with van der Waals surface area (Å²) in [5.74, 6) is 1.67. The van der Waals surface area contributed by atoms with Crippen LogP contribution in [0.25, 0.3) is 0 Å². The van der Waals surface area contributed by atoms with Crippen molar-refractivity contribution in [2.75, 3.05) is 42.3 Å². The third kappa shape index (κ3) is 3.52. The molecule has 1 aliphatic rings. The Hall–Kier alpha value is -2.51. The summed E-state index contributed by atoms with van der Waals surface area (Å²) in [6.07, 6.45) is 4.93. The van der Waals surface area contributed by atoms with Crippen LogP contribution in [0.4, 0.5) is 21.8 Å². The van der Waals surface area contributed by atoms with Crippen LogP contribution in [0.2, 0.25) is 0 Å². The van der Waals surface area contributed by atoms with Crippen molar-refractivity contribution in [2.24, 2.45) is 0 Å². The predicted molar refractivity (Wildman–Crippen MR) is 91.9 cm³/mol. The van der Waals surface area contributed by atoms with Crippen LogP contribution in [0.1, 0.15) is 18.5 Å². The van der Waals surface area contributed by atoms with Crippen LogP contribution in [0.3, 0.4) is 0 Å². The van der Waals surface area contributed by atoms with Crippen LogP contribution in [0.15, 0.2) is 18.7 Å². The molecule has 8 heteroatoms. The van der Waals surface area contributed by atoms with Crippen molar-refractivity contribution in [3.63, 3.8) is 0 Å². The zero-order chi connectivity index (χ0) is 17.1. The summed E-state index contributed by atoms with van der Waals surface area (Å²) in [5, 5.41) is 3.42. The fourth-order valence-electron chi connectivity index (χ4n) is 2.83. The molecule has 0 saturated carbocycles. The molecule has 1 aliphatic heterocycles. The van der Waals surface area contributed by atoms with Crippen LogP contribution in [0.5, 0.6) is 0 Å². The molecule has 0 bridgehead atoms. The number of aromatic nitrogens is 4. The van der Waals surface area contributed by atoms with Gasteiger partial charge < -0.3 is 15.1 Å². The molecule has 0 aromatic carbocycles. The van der Waals surface area contributed by atoms with Gasteiger partial charge in [-0.3, -0.25) is 0 Å². The van der Waals surface area contributed by atoms with Gasteiger partial charge in [0.05, 0.1) is 5.69 Å². The van der Waals surface area contributed by atoms with Crippen LogP contribution >= 0.6 is 0 Å². The van der Waals surface area contributed by atoms with Gasteiger partial charge in [0.15, 0.2) is 11.6 Å². The fraction of sp³-hybridized carbons (Fsp3) is 0.500. The molecule has 128 valence electrons. The number of aryl methyl sites for hydroxylation is 1. The summed E-state index contributed by atoms with van der Waals surface area (Å²) < 4.78 is 14.3. The predicted octanol–water partition coefficient (Wildman–Crippen LogP) is 1.86. The minimum atomic E-state index is -0.338. The average Bonchev–Trinajstić information content (AvgIpc) is 2.58. The highest BCUT2D eigenvalue weighted by Gasteiger charge is 2.24. The maximum absolute atomic E-state index is 14.3. The van der Waals surface area contributed by atoms with Crippen molar-refractivity contribution in [2.45, 2.75) is 25.8 Å². The number of halogens is 1. The van der Waals surface area contributed by atoms with E-state index in [2.05, 4.69) is 25.3 Å². The lowest BCUT2D eigenvalue weighted by Crippen LogP contribution is -2.43. The van der Waals surface area contributed by atoms with Crippen LogP contribution in [-0.4, -0.2) is 53.2 Å². The van der Waals surface area contributed by atoms with Gasteiger partial charge in [0, 0.05) is 39.3 Å². The Bertz CT molecular complexity index is 707. The van der Waals surface area contributed by atoms with Crippen molar-refractivity contribution < 1.29 is 4.39 Å². The second-order valence-electron chi connectivity index (χ2n) is 6.18. The second kappa shape index (κ2) is 6.94. The molecule has 3 rings (SSSR count).